The Morgan fingerprint density at radius 2 is 0.812 bits per heavy atom. The number of carbonyl (C=O) groups excluding carboxylic acids is 1. The Hall–Kier alpha value is -6.35. The van der Waals surface area contributed by atoms with Gasteiger partial charge in [0, 0.05) is 18.2 Å². The first-order valence-electron chi connectivity index (χ1n) is 15.2. The average molecular weight is 637 g/mol. The summed E-state index contributed by atoms with van der Waals surface area (Å²) in [5.74, 6) is -0.0527. The minimum absolute atomic E-state index is 0.175. The summed E-state index contributed by atoms with van der Waals surface area (Å²) in [7, 11) is 1.32. The van der Waals surface area contributed by atoms with Crippen LogP contribution in [-0.4, -0.2) is 14.9 Å². The summed E-state index contributed by atoms with van der Waals surface area (Å²) in [5.41, 5.74) is 1.01. The van der Waals surface area contributed by atoms with Crippen molar-refractivity contribution in [2.24, 2.45) is 7.05 Å². The third-order valence-electron chi connectivity index (χ3n) is 8.46. The van der Waals surface area contributed by atoms with Crippen molar-refractivity contribution in [2.75, 3.05) is 0 Å². The van der Waals surface area contributed by atoms with Crippen LogP contribution in [0.1, 0.15) is 32.6 Å². The van der Waals surface area contributed by atoms with Gasteiger partial charge in [0.1, 0.15) is 33.0 Å². The zero-order valence-electron chi connectivity index (χ0n) is 26.5. The van der Waals surface area contributed by atoms with Crippen LogP contribution in [0, 0.1) is 20.8 Å². The molecule has 0 N–H and O–H groups in total. The van der Waals surface area contributed by atoms with E-state index in [0.717, 1.165) is 25.8 Å². The molecule has 9 nitrogen and oxygen atoms in total. The summed E-state index contributed by atoms with van der Waals surface area (Å²) < 4.78 is 14.3. The Bertz CT molecular complexity index is 2470. The van der Waals surface area contributed by atoms with Crippen molar-refractivity contribution >= 4 is 27.3 Å². The lowest BCUT2D eigenvalue weighted by Gasteiger charge is -2.12. The van der Waals surface area contributed by atoms with Gasteiger partial charge in [-0.3, -0.25) is 28.5 Å². The second-order valence-corrected chi connectivity index (χ2v) is 11.8. The van der Waals surface area contributed by atoms with Crippen molar-refractivity contribution < 1.29 is 14.3 Å². The van der Waals surface area contributed by atoms with Gasteiger partial charge in [-0.1, -0.05) is 65.2 Å². The highest BCUT2D eigenvalue weighted by atomic mass is 16.5. The molecule has 9 heteroatoms. The Labute approximate surface area is 273 Å². The summed E-state index contributed by atoms with van der Waals surface area (Å²) >= 11 is 0. The molecule has 2 aromatic heterocycles. The number of benzene rings is 5. The molecule has 7 rings (SSSR count). The smallest absolute Gasteiger partial charge is 0.270 e. The number of rotatable bonds is 7. The molecule has 0 unspecified atom stereocenters. The van der Waals surface area contributed by atoms with Gasteiger partial charge in [-0.05, 0) is 69.3 Å². The molecule has 5 aromatic carbocycles. The van der Waals surface area contributed by atoms with Gasteiger partial charge in [-0.25, -0.2) is 4.57 Å². The van der Waals surface area contributed by atoms with Gasteiger partial charge in [-0.2, -0.15) is 0 Å². The predicted molar refractivity (Wildman–Crippen MR) is 184 cm³/mol. The van der Waals surface area contributed by atoms with Crippen LogP contribution in [0.25, 0.3) is 27.2 Å². The van der Waals surface area contributed by atoms with E-state index in [1.54, 1.807) is 60.7 Å². The fraction of sp³-hybridized carbons (Fsp3) is 0.103. The summed E-state index contributed by atoms with van der Waals surface area (Å²) in [6.45, 7) is 5.72. The first kappa shape index (κ1) is 30.3. The topological polar surface area (TPSA) is 114 Å². The van der Waals surface area contributed by atoms with Crippen LogP contribution in [0.5, 0.6) is 23.0 Å². The van der Waals surface area contributed by atoms with Gasteiger partial charge >= 0.3 is 0 Å². The Morgan fingerprint density at radius 1 is 0.479 bits per heavy atom. The lowest BCUT2D eigenvalue weighted by atomic mass is 10.0. The Morgan fingerprint density at radius 3 is 1.21 bits per heavy atom. The van der Waals surface area contributed by atoms with Gasteiger partial charge < -0.3 is 9.47 Å². The van der Waals surface area contributed by atoms with E-state index in [2.05, 4.69) is 0 Å². The molecule has 0 amide bonds. The summed E-state index contributed by atoms with van der Waals surface area (Å²) in [5, 5.41) is -0.771. The van der Waals surface area contributed by atoms with Crippen LogP contribution in [0.3, 0.4) is 0 Å². The first-order valence-corrected chi connectivity index (χ1v) is 15.2. The van der Waals surface area contributed by atoms with E-state index in [-0.39, 0.29) is 44.5 Å². The van der Waals surface area contributed by atoms with E-state index in [0.29, 0.717) is 22.6 Å². The molecule has 0 bridgehead atoms. The molecule has 2 heterocycles. The van der Waals surface area contributed by atoms with Crippen molar-refractivity contribution in [3.63, 3.8) is 0 Å². The van der Waals surface area contributed by atoms with Gasteiger partial charge in [0.15, 0.2) is 17.3 Å². The third-order valence-corrected chi connectivity index (χ3v) is 8.46. The molecule has 7 aromatic rings. The van der Waals surface area contributed by atoms with E-state index in [4.69, 9.17) is 9.47 Å². The van der Waals surface area contributed by atoms with E-state index in [9.17, 15) is 24.0 Å². The molecule has 0 radical (unpaired) electrons. The first-order chi connectivity index (χ1) is 23.0. The van der Waals surface area contributed by atoms with Crippen LogP contribution < -0.4 is 31.7 Å². The molecule has 0 aliphatic carbocycles. The van der Waals surface area contributed by atoms with Gasteiger partial charge in [0.2, 0.25) is 0 Å². The Kier molecular flexibility index (Phi) is 7.24. The van der Waals surface area contributed by atoms with Crippen LogP contribution in [-0.2, 0) is 7.05 Å². The van der Waals surface area contributed by atoms with Crippen molar-refractivity contribution in [3.05, 3.63) is 166 Å². The highest BCUT2D eigenvalue weighted by Crippen LogP contribution is 2.41. The number of fused-ring (bicyclic) bond motifs is 2. The summed E-state index contributed by atoms with van der Waals surface area (Å²) in [4.78, 5) is 69.1. The minimum Gasteiger partial charge on any atom is -0.456 e. The molecule has 236 valence electrons. The number of aromatic nitrogens is 2. The van der Waals surface area contributed by atoms with Gasteiger partial charge in [0.05, 0.1) is 5.69 Å². The van der Waals surface area contributed by atoms with Crippen molar-refractivity contribution in [1.29, 1.82) is 0 Å². The molecule has 0 aliphatic heterocycles. The largest absolute Gasteiger partial charge is 0.456 e. The Balaban J connectivity index is 1.50. The maximum atomic E-state index is 14.4. The van der Waals surface area contributed by atoms with Gasteiger partial charge in [0.25, 0.3) is 22.2 Å². The molecule has 0 aliphatic rings. The molecule has 48 heavy (non-hydrogen) atoms. The average Bonchev–Trinajstić information content (AvgIpc) is 3.48. The molecule has 0 saturated heterocycles. The number of hydrogen-bond donors (Lipinski definition) is 0. The van der Waals surface area contributed by atoms with E-state index in [1.165, 1.54) is 31.3 Å². The van der Waals surface area contributed by atoms with Crippen molar-refractivity contribution in [2.45, 2.75) is 20.8 Å². The molecular weight excluding hydrogens is 608 g/mol. The number of ketones is 1. The zero-order valence-corrected chi connectivity index (χ0v) is 26.5. The molecule has 0 saturated carbocycles. The highest BCUT2D eigenvalue weighted by molar-refractivity contribution is 6.11. The fourth-order valence-corrected chi connectivity index (χ4v) is 5.78. The highest BCUT2D eigenvalue weighted by Gasteiger charge is 2.31. The number of nitrogens with zero attached hydrogens (tertiary/aromatic N) is 2. The standard InChI is InChI=1S/C39H28N2O7/c1-21-5-11-24(12-6-21)33(42)25-13-15-26(16-14-25)41-38(45)31-32(39(41)46)35(48-28-19-9-23(3)10-20-28)30-29(36(43)40(4)37(30)44)34(31)47-27-17-7-22(2)8-18-27/h5-20H,1-4H3. The summed E-state index contributed by atoms with van der Waals surface area (Å²) in [6, 6.07) is 27.1. The maximum absolute atomic E-state index is 14.4. The lowest BCUT2D eigenvalue weighted by Crippen LogP contribution is -2.24. The van der Waals surface area contributed by atoms with Crippen LogP contribution >= 0.6 is 0 Å². The van der Waals surface area contributed by atoms with Crippen molar-refractivity contribution in [3.8, 4) is 28.7 Å². The minimum atomic E-state index is -0.777. The monoisotopic (exact) mass is 636 g/mol. The molecule has 0 spiro atoms. The second kappa shape index (κ2) is 11.5. The van der Waals surface area contributed by atoms with Gasteiger partial charge in [-0.15, -0.1) is 0 Å². The number of carbonyl (C=O) groups is 1. The fourth-order valence-electron chi connectivity index (χ4n) is 5.78. The number of aryl methyl sites for hydroxylation is 3. The third kappa shape index (κ3) is 4.93. The summed E-state index contributed by atoms with van der Waals surface area (Å²) in [6.07, 6.45) is 0. The molecule has 0 atom stereocenters. The van der Waals surface area contributed by atoms with Crippen LogP contribution in [0.2, 0.25) is 0 Å². The maximum Gasteiger partial charge on any atom is 0.270 e. The second-order valence-electron chi connectivity index (χ2n) is 11.8. The predicted octanol–water partition coefficient (Wildman–Crippen LogP) is 6.18. The molecular formula is C39H28N2O7. The van der Waals surface area contributed by atoms with E-state index in [1.807, 2.05) is 32.9 Å². The quantitative estimate of drug-likeness (QED) is 0.192. The zero-order chi connectivity index (χ0) is 33.9. The number of ether oxygens (including phenoxy) is 2. The van der Waals surface area contributed by atoms with E-state index >= 15 is 0 Å². The van der Waals surface area contributed by atoms with Crippen molar-refractivity contribution in [1.82, 2.24) is 9.13 Å². The van der Waals surface area contributed by atoms with Crippen LogP contribution in [0.15, 0.2) is 116 Å². The molecule has 0 fully saturated rings. The lowest BCUT2D eigenvalue weighted by molar-refractivity contribution is 0.103. The van der Waals surface area contributed by atoms with Crippen LogP contribution in [0.4, 0.5) is 0 Å². The van der Waals surface area contributed by atoms with E-state index < -0.39 is 22.2 Å². The SMILES string of the molecule is Cc1ccc(Oc2c3c(=O)n(C)c(=O)c3c(Oc3ccc(C)cc3)c3c(=O)n(-c4ccc(C(=O)c5ccc(C)cc5)cc4)c(=O)c23)cc1. The normalized spacial score (nSPS) is 11.3. The number of hydrogen-bond acceptors (Lipinski definition) is 7.